The standard InChI is InChI=1S/C17H17NO4S/c1-12-2-5-14(6-3-12)23(20,21)22-9-8-13-4-7-16-15(10-13)17(19)11-18-16/h2-7,10,18H,8-9,11H2,1H3. The van der Waals surface area contributed by atoms with Crippen molar-refractivity contribution in [3.05, 3.63) is 59.2 Å². The van der Waals surface area contributed by atoms with Gasteiger partial charge in [-0.15, -0.1) is 0 Å². The van der Waals surface area contributed by atoms with Crippen molar-refractivity contribution in [3.63, 3.8) is 0 Å². The van der Waals surface area contributed by atoms with E-state index in [0.29, 0.717) is 18.5 Å². The van der Waals surface area contributed by atoms with E-state index in [-0.39, 0.29) is 17.3 Å². The lowest BCUT2D eigenvalue weighted by Gasteiger charge is -2.07. The van der Waals surface area contributed by atoms with Crippen molar-refractivity contribution < 1.29 is 17.4 Å². The average Bonchev–Trinajstić information content (AvgIpc) is 2.89. The van der Waals surface area contributed by atoms with Crippen LogP contribution in [0.15, 0.2) is 47.4 Å². The maximum Gasteiger partial charge on any atom is 0.296 e. The normalized spacial score (nSPS) is 13.7. The number of rotatable bonds is 5. The highest BCUT2D eigenvalue weighted by atomic mass is 32.2. The maximum absolute atomic E-state index is 12.1. The number of aryl methyl sites for hydroxylation is 1. The Hall–Kier alpha value is -2.18. The van der Waals surface area contributed by atoms with Crippen LogP contribution in [0.3, 0.4) is 0 Å². The molecule has 0 bridgehead atoms. The van der Waals surface area contributed by atoms with E-state index in [2.05, 4.69) is 5.32 Å². The molecule has 0 unspecified atom stereocenters. The summed E-state index contributed by atoms with van der Waals surface area (Å²) in [5.74, 6) is 0.0510. The Bertz CT molecular complexity index is 841. The summed E-state index contributed by atoms with van der Waals surface area (Å²) in [5, 5.41) is 3.01. The summed E-state index contributed by atoms with van der Waals surface area (Å²) in [5.41, 5.74) is 3.34. The second-order valence-corrected chi connectivity index (χ2v) is 7.11. The third-order valence-electron chi connectivity index (χ3n) is 3.76. The minimum absolute atomic E-state index is 0.0383. The Balaban J connectivity index is 1.64. The van der Waals surface area contributed by atoms with Crippen LogP contribution < -0.4 is 5.32 Å². The minimum atomic E-state index is -3.75. The van der Waals surface area contributed by atoms with Gasteiger partial charge in [0.15, 0.2) is 5.78 Å². The quantitative estimate of drug-likeness (QED) is 0.853. The fourth-order valence-electron chi connectivity index (χ4n) is 2.44. The molecule has 0 amide bonds. The predicted octanol–water partition coefficient (Wildman–Crippen LogP) is 2.55. The Morgan fingerprint density at radius 2 is 1.87 bits per heavy atom. The van der Waals surface area contributed by atoms with Gasteiger partial charge in [0.05, 0.1) is 18.0 Å². The molecule has 0 atom stereocenters. The van der Waals surface area contributed by atoms with Gasteiger partial charge >= 0.3 is 0 Å². The van der Waals surface area contributed by atoms with Crippen LogP contribution >= 0.6 is 0 Å². The van der Waals surface area contributed by atoms with Gasteiger partial charge in [0.1, 0.15) is 0 Å². The predicted molar refractivity (Wildman–Crippen MR) is 87.3 cm³/mol. The van der Waals surface area contributed by atoms with E-state index in [1.165, 1.54) is 12.1 Å². The van der Waals surface area contributed by atoms with Gasteiger partial charge in [0, 0.05) is 11.3 Å². The van der Waals surface area contributed by atoms with Gasteiger partial charge in [-0.3, -0.25) is 8.98 Å². The molecule has 0 aliphatic carbocycles. The summed E-state index contributed by atoms with van der Waals surface area (Å²) in [6, 6.07) is 12.0. The zero-order valence-corrected chi connectivity index (χ0v) is 13.5. The number of hydrogen-bond acceptors (Lipinski definition) is 5. The minimum Gasteiger partial charge on any atom is -0.377 e. The van der Waals surface area contributed by atoms with Gasteiger partial charge in [0.25, 0.3) is 10.1 Å². The second-order valence-electron chi connectivity index (χ2n) is 5.50. The monoisotopic (exact) mass is 331 g/mol. The summed E-state index contributed by atoms with van der Waals surface area (Å²) in [6.07, 6.45) is 0.422. The van der Waals surface area contributed by atoms with Crippen molar-refractivity contribution in [2.75, 3.05) is 18.5 Å². The van der Waals surface area contributed by atoms with Crippen molar-refractivity contribution in [2.45, 2.75) is 18.2 Å². The van der Waals surface area contributed by atoms with Crippen LogP contribution in [0.2, 0.25) is 0 Å². The van der Waals surface area contributed by atoms with E-state index in [9.17, 15) is 13.2 Å². The van der Waals surface area contributed by atoms with Crippen molar-refractivity contribution in [1.82, 2.24) is 0 Å². The summed E-state index contributed by atoms with van der Waals surface area (Å²) in [6.45, 7) is 2.24. The number of nitrogens with one attached hydrogen (secondary N) is 1. The number of Topliss-reactive ketones (excluding diaryl/α,β-unsaturated/α-hetero) is 1. The fraction of sp³-hybridized carbons (Fsp3) is 0.235. The molecule has 0 fully saturated rings. The van der Waals surface area contributed by atoms with E-state index in [1.807, 2.05) is 19.1 Å². The summed E-state index contributed by atoms with van der Waals surface area (Å²) < 4.78 is 29.3. The number of fused-ring (bicyclic) bond motifs is 1. The Labute approximate surface area is 135 Å². The lowest BCUT2D eigenvalue weighted by molar-refractivity contribution is 0.101. The van der Waals surface area contributed by atoms with Crippen LogP contribution in [0.5, 0.6) is 0 Å². The molecule has 5 nitrogen and oxygen atoms in total. The molecule has 23 heavy (non-hydrogen) atoms. The van der Waals surface area contributed by atoms with Crippen molar-refractivity contribution in [2.24, 2.45) is 0 Å². The van der Waals surface area contributed by atoms with Gasteiger partial charge in [-0.25, -0.2) is 0 Å². The van der Waals surface area contributed by atoms with Gasteiger partial charge in [-0.1, -0.05) is 23.8 Å². The molecule has 1 heterocycles. The molecule has 0 radical (unpaired) electrons. The summed E-state index contributed by atoms with van der Waals surface area (Å²) >= 11 is 0. The molecule has 1 aliphatic rings. The number of anilines is 1. The molecule has 0 saturated heterocycles. The molecule has 2 aromatic carbocycles. The van der Waals surface area contributed by atoms with Crippen molar-refractivity contribution in [3.8, 4) is 0 Å². The molecule has 3 rings (SSSR count). The first-order valence-electron chi connectivity index (χ1n) is 7.32. The van der Waals surface area contributed by atoms with E-state index < -0.39 is 10.1 Å². The number of carbonyl (C=O) groups is 1. The topological polar surface area (TPSA) is 72.5 Å². The van der Waals surface area contributed by atoms with Crippen LogP contribution in [-0.2, 0) is 20.7 Å². The average molecular weight is 331 g/mol. The first-order chi connectivity index (χ1) is 11.0. The van der Waals surface area contributed by atoms with Crippen LogP contribution in [0.4, 0.5) is 5.69 Å². The van der Waals surface area contributed by atoms with Crippen molar-refractivity contribution >= 4 is 21.6 Å². The van der Waals surface area contributed by atoms with Crippen LogP contribution in [0.1, 0.15) is 21.5 Å². The molecule has 0 spiro atoms. The summed E-state index contributed by atoms with van der Waals surface area (Å²) in [4.78, 5) is 11.8. The number of ketones is 1. The SMILES string of the molecule is Cc1ccc(S(=O)(=O)OCCc2ccc3c(c2)C(=O)CN3)cc1. The molecule has 6 heteroatoms. The Kier molecular flexibility index (Phi) is 4.19. The zero-order valence-electron chi connectivity index (χ0n) is 12.7. The number of hydrogen-bond donors (Lipinski definition) is 1. The Morgan fingerprint density at radius 1 is 1.13 bits per heavy atom. The smallest absolute Gasteiger partial charge is 0.296 e. The van der Waals surface area contributed by atoms with E-state index in [0.717, 1.165) is 16.8 Å². The largest absolute Gasteiger partial charge is 0.377 e. The lowest BCUT2D eigenvalue weighted by atomic mass is 10.1. The molecular weight excluding hydrogens is 314 g/mol. The van der Waals surface area contributed by atoms with Crippen LogP contribution in [0.25, 0.3) is 0 Å². The lowest BCUT2D eigenvalue weighted by Crippen LogP contribution is -2.09. The first kappa shape index (κ1) is 15.7. The van der Waals surface area contributed by atoms with Gasteiger partial charge in [0.2, 0.25) is 0 Å². The van der Waals surface area contributed by atoms with E-state index >= 15 is 0 Å². The highest BCUT2D eigenvalue weighted by Gasteiger charge is 2.19. The third kappa shape index (κ3) is 3.43. The molecule has 1 aliphatic heterocycles. The maximum atomic E-state index is 12.1. The van der Waals surface area contributed by atoms with Gasteiger partial charge in [-0.05, 0) is 43.2 Å². The molecule has 0 aromatic heterocycles. The van der Waals surface area contributed by atoms with Crippen LogP contribution in [-0.4, -0.2) is 27.4 Å². The Morgan fingerprint density at radius 3 is 2.61 bits per heavy atom. The zero-order chi connectivity index (χ0) is 16.4. The highest BCUT2D eigenvalue weighted by Crippen LogP contribution is 2.23. The van der Waals surface area contributed by atoms with E-state index in [4.69, 9.17) is 4.18 Å². The molecule has 0 saturated carbocycles. The number of benzene rings is 2. The van der Waals surface area contributed by atoms with Crippen LogP contribution in [0, 0.1) is 6.92 Å². The molecule has 120 valence electrons. The molecule has 2 aromatic rings. The molecular formula is C17H17NO4S. The highest BCUT2D eigenvalue weighted by molar-refractivity contribution is 7.86. The fourth-order valence-corrected chi connectivity index (χ4v) is 3.35. The summed E-state index contributed by atoms with van der Waals surface area (Å²) in [7, 11) is -3.75. The third-order valence-corrected chi connectivity index (χ3v) is 5.09. The second kappa shape index (κ2) is 6.14. The first-order valence-corrected chi connectivity index (χ1v) is 8.73. The number of carbonyl (C=O) groups excluding carboxylic acids is 1. The molecule has 1 N–H and O–H groups in total. The van der Waals surface area contributed by atoms with E-state index in [1.54, 1.807) is 18.2 Å². The van der Waals surface area contributed by atoms with Gasteiger partial charge in [-0.2, -0.15) is 8.42 Å². The van der Waals surface area contributed by atoms with Crippen molar-refractivity contribution in [1.29, 1.82) is 0 Å². The van der Waals surface area contributed by atoms with Gasteiger partial charge < -0.3 is 5.32 Å².